The zero-order valence-electron chi connectivity index (χ0n) is 9.19. The summed E-state index contributed by atoms with van der Waals surface area (Å²) >= 11 is 0. The van der Waals surface area contributed by atoms with E-state index in [0.29, 0.717) is 12.5 Å². The molecule has 0 spiro atoms. The van der Waals surface area contributed by atoms with E-state index in [4.69, 9.17) is 4.74 Å². The third-order valence-electron chi connectivity index (χ3n) is 2.45. The Bertz CT molecular complexity index is 332. The predicted octanol–water partition coefficient (Wildman–Crippen LogP) is 0.358. The topological polar surface area (TPSA) is 50.3 Å². The van der Waals surface area contributed by atoms with Gasteiger partial charge in [0, 0.05) is 19.6 Å². The van der Waals surface area contributed by atoms with Crippen LogP contribution in [0.4, 0.5) is 10.3 Å². The molecular weight excluding hydrogens is 211 g/mol. The van der Waals surface area contributed by atoms with E-state index >= 15 is 0 Å². The minimum Gasteiger partial charge on any atom is -0.374 e. The molecule has 6 heteroatoms. The van der Waals surface area contributed by atoms with Gasteiger partial charge in [-0.25, -0.2) is 14.4 Å². The lowest BCUT2D eigenvalue weighted by molar-refractivity contribution is -0.0117. The van der Waals surface area contributed by atoms with E-state index in [1.807, 2.05) is 0 Å². The van der Waals surface area contributed by atoms with Crippen molar-refractivity contribution in [2.45, 2.75) is 6.10 Å². The lowest BCUT2D eigenvalue weighted by atomic mass is 10.3. The third-order valence-corrected chi connectivity index (χ3v) is 2.45. The molecule has 1 fully saturated rings. The molecule has 1 aromatic rings. The first-order valence-electron chi connectivity index (χ1n) is 5.25. The maximum Gasteiger partial charge on any atom is 0.222 e. The molecular formula is C10H15FN4O. The van der Waals surface area contributed by atoms with Gasteiger partial charge >= 0.3 is 0 Å². The molecule has 1 aliphatic rings. The average molecular weight is 226 g/mol. The van der Waals surface area contributed by atoms with Gasteiger partial charge in [-0.1, -0.05) is 0 Å². The summed E-state index contributed by atoms with van der Waals surface area (Å²) in [7, 11) is 2.06. The van der Waals surface area contributed by atoms with Gasteiger partial charge in [-0.3, -0.25) is 0 Å². The SMILES string of the molecule is CN1CCOC(CNc2ncc(F)cn2)C1. The molecule has 1 unspecified atom stereocenters. The fraction of sp³-hybridized carbons (Fsp3) is 0.600. The van der Waals surface area contributed by atoms with Crippen LogP contribution < -0.4 is 5.32 Å². The highest BCUT2D eigenvalue weighted by atomic mass is 19.1. The maximum atomic E-state index is 12.5. The van der Waals surface area contributed by atoms with Crippen LogP contribution in [0.25, 0.3) is 0 Å². The van der Waals surface area contributed by atoms with E-state index in [0.717, 1.165) is 32.1 Å². The largest absolute Gasteiger partial charge is 0.374 e. The Hall–Kier alpha value is -1.27. The van der Waals surface area contributed by atoms with Crippen LogP contribution in [0.1, 0.15) is 0 Å². The molecule has 0 bridgehead atoms. The smallest absolute Gasteiger partial charge is 0.222 e. The lowest BCUT2D eigenvalue weighted by Crippen LogP contribution is -2.43. The summed E-state index contributed by atoms with van der Waals surface area (Å²) in [4.78, 5) is 9.84. The van der Waals surface area contributed by atoms with Crippen molar-refractivity contribution in [2.75, 3.05) is 38.6 Å². The van der Waals surface area contributed by atoms with Crippen molar-refractivity contribution >= 4 is 5.95 Å². The van der Waals surface area contributed by atoms with Crippen molar-refractivity contribution < 1.29 is 9.13 Å². The van der Waals surface area contributed by atoms with Crippen LogP contribution >= 0.6 is 0 Å². The standard InChI is InChI=1S/C10H15FN4O/c1-15-2-3-16-9(7-15)6-14-10-12-4-8(11)5-13-10/h4-5,9H,2-3,6-7H2,1H3,(H,12,13,14). The van der Waals surface area contributed by atoms with Crippen LogP contribution in [0, 0.1) is 5.82 Å². The van der Waals surface area contributed by atoms with E-state index in [1.165, 1.54) is 0 Å². The highest BCUT2D eigenvalue weighted by Gasteiger charge is 2.17. The fourth-order valence-corrected chi connectivity index (χ4v) is 1.60. The van der Waals surface area contributed by atoms with Gasteiger partial charge in [-0.15, -0.1) is 0 Å². The third kappa shape index (κ3) is 3.11. The summed E-state index contributed by atoms with van der Waals surface area (Å²) in [5, 5.41) is 3.02. The molecule has 5 nitrogen and oxygen atoms in total. The van der Waals surface area contributed by atoms with Crippen molar-refractivity contribution in [1.29, 1.82) is 0 Å². The number of nitrogens with one attached hydrogen (secondary N) is 1. The molecule has 0 radical (unpaired) electrons. The molecule has 2 heterocycles. The zero-order chi connectivity index (χ0) is 11.4. The zero-order valence-corrected chi connectivity index (χ0v) is 9.19. The van der Waals surface area contributed by atoms with E-state index < -0.39 is 5.82 Å². The number of hydrogen-bond donors (Lipinski definition) is 1. The van der Waals surface area contributed by atoms with Crippen LogP contribution in [-0.4, -0.2) is 54.3 Å². The van der Waals surface area contributed by atoms with Crippen LogP contribution in [-0.2, 0) is 4.74 Å². The number of likely N-dealkylation sites (N-methyl/N-ethyl adjacent to an activating group) is 1. The normalized spacial score (nSPS) is 22.0. The summed E-state index contributed by atoms with van der Waals surface area (Å²) in [5.41, 5.74) is 0. The van der Waals surface area contributed by atoms with Gasteiger partial charge < -0.3 is 15.0 Å². The number of halogens is 1. The van der Waals surface area contributed by atoms with Gasteiger partial charge in [0.05, 0.1) is 25.1 Å². The van der Waals surface area contributed by atoms with Gasteiger partial charge in [0.25, 0.3) is 0 Å². The quantitative estimate of drug-likeness (QED) is 0.806. The first-order chi connectivity index (χ1) is 7.74. The molecule has 1 aromatic heterocycles. The Balaban J connectivity index is 1.80. The maximum absolute atomic E-state index is 12.5. The molecule has 16 heavy (non-hydrogen) atoms. The van der Waals surface area contributed by atoms with Crippen LogP contribution in [0.15, 0.2) is 12.4 Å². The van der Waals surface area contributed by atoms with Gasteiger partial charge in [-0.05, 0) is 7.05 Å². The molecule has 2 rings (SSSR count). The number of aromatic nitrogens is 2. The van der Waals surface area contributed by atoms with E-state index in [-0.39, 0.29) is 6.10 Å². The monoisotopic (exact) mass is 226 g/mol. The Morgan fingerprint density at radius 2 is 2.31 bits per heavy atom. The number of rotatable bonds is 3. The Labute approximate surface area is 93.6 Å². The van der Waals surface area contributed by atoms with Crippen LogP contribution in [0.2, 0.25) is 0 Å². The summed E-state index contributed by atoms with van der Waals surface area (Å²) in [6.07, 6.45) is 2.42. The highest BCUT2D eigenvalue weighted by Crippen LogP contribution is 2.04. The summed E-state index contributed by atoms with van der Waals surface area (Å²) in [6, 6.07) is 0. The molecule has 88 valence electrons. The summed E-state index contributed by atoms with van der Waals surface area (Å²) < 4.78 is 18.1. The number of morpholine rings is 1. The van der Waals surface area contributed by atoms with Crippen molar-refractivity contribution in [3.63, 3.8) is 0 Å². The number of hydrogen-bond acceptors (Lipinski definition) is 5. The first kappa shape index (κ1) is 11.2. The van der Waals surface area contributed by atoms with E-state index in [2.05, 4.69) is 27.2 Å². The molecule has 1 saturated heterocycles. The van der Waals surface area contributed by atoms with Crippen molar-refractivity contribution in [2.24, 2.45) is 0 Å². The molecule has 0 aromatic carbocycles. The predicted molar refractivity (Wildman–Crippen MR) is 57.7 cm³/mol. The Kier molecular flexibility index (Phi) is 3.63. The second-order valence-electron chi connectivity index (χ2n) is 3.86. The van der Waals surface area contributed by atoms with E-state index in [9.17, 15) is 4.39 Å². The van der Waals surface area contributed by atoms with Gasteiger partial charge in [0.1, 0.15) is 0 Å². The Morgan fingerprint density at radius 3 is 3.00 bits per heavy atom. The van der Waals surface area contributed by atoms with Crippen molar-refractivity contribution in [3.05, 3.63) is 18.2 Å². The molecule has 0 amide bonds. The first-order valence-corrected chi connectivity index (χ1v) is 5.25. The lowest BCUT2D eigenvalue weighted by Gasteiger charge is -2.30. The second kappa shape index (κ2) is 5.18. The molecule has 1 atom stereocenters. The highest BCUT2D eigenvalue weighted by molar-refractivity contribution is 5.22. The number of nitrogens with zero attached hydrogens (tertiary/aromatic N) is 3. The number of ether oxygens (including phenoxy) is 1. The van der Waals surface area contributed by atoms with Gasteiger partial charge in [0.2, 0.25) is 5.95 Å². The molecule has 1 aliphatic heterocycles. The van der Waals surface area contributed by atoms with E-state index in [1.54, 1.807) is 0 Å². The average Bonchev–Trinajstić information content (AvgIpc) is 2.28. The molecule has 0 saturated carbocycles. The number of anilines is 1. The fourth-order valence-electron chi connectivity index (χ4n) is 1.60. The summed E-state index contributed by atoms with van der Waals surface area (Å²) in [5.74, 6) is -0.00238. The Morgan fingerprint density at radius 1 is 1.56 bits per heavy atom. The minimum absolute atomic E-state index is 0.132. The second-order valence-corrected chi connectivity index (χ2v) is 3.86. The molecule has 1 N–H and O–H groups in total. The van der Waals surface area contributed by atoms with Gasteiger partial charge in [-0.2, -0.15) is 0 Å². The van der Waals surface area contributed by atoms with Crippen LogP contribution in [0.5, 0.6) is 0 Å². The van der Waals surface area contributed by atoms with Crippen molar-refractivity contribution in [1.82, 2.24) is 14.9 Å². The van der Waals surface area contributed by atoms with Crippen LogP contribution in [0.3, 0.4) is 0 Å². The minimum atomic E-state index is -0.431. The van der Waals surface area contributed by atoms with Gasteiger partial charge in [0.15, 0.2) is 5.82 Å². The molecule has 0 aliphatic carbocycles. The summed E-state index contributed by atoms with van der Waals surface area (Å²) in [6.45, 7) is 3.22. The van der Waals surface area contributed by atoms with Crippen molar-refractivity contribution in [3.8, 4) is 0 Å².